The van der Waals surface area contributed by atoms with Crippen molar-refractivity contribution >= 4 is 11.9 Å². The van der Waals surface area contributed by atoms with Gasteiger partial charge < -0.3 is 15.1 Å². The van der Waals surface area contributed by atoms with Gasteiger partial charge in [0.1, 0.15) is 5.60 Å². The molecule has 2 aliphatic carbocycles. The van der Waals surface area contributed by atoms with E-state index in [-0.39, 0.29) is 5.91 Å². The maximum absolute atomic E-state index is 12.4. The third-order valence-corrected chi connectivity index (χ3v) is 5.01. The van der Waals surface area contributed by atoms with Gasteiger partial charge in [0.15, 0.2) is 0 Å². The van der Waals surface area contributed by atoms with Crippen LogP contribution in [0.15, 0.2) is 0 Å². The molecule has 0 aromatic carbocycles. The first-order chi connectivity index (χ1) is 8.90. The summed E-state index contributed by atoms with van der Waals surface area (Å²) >= 11 is 0. The Hall–Kier alpha value is -1.10. The van der Waals surface area contributed by atoms with E-state index < -0.39 is 23.4 Å². The normalized spacial score (nSPS) is 36.9. The first-order valence-corrected chi connectivity index (χ1v) is 7.14. The van der Waals surface area contributed by atoms with Crippen LogP contribution in [0.5, 0.6) is 0 Å². The van der Waals surface area contributed by atoms with Gasteiger partial charge in [0.25, 0.3) is 0 Å². The summed E-state index contributed by atoms with van der Waals surface area (Å²) in [4.78, 5) is 25.2. The second kappa shape index (κ2) is 4.20. The molecule has 1 amide bonds. The molecule has 3 rings (SSSR count). The third-order valence-electron chi connectivity index (χ3n) is 5.01. The molecule has 3 aliphatic rings. The van der Waals surface area contributed by atoms with Crippen LogP contribution < -0.4 is 0 Å². The molecule has 1 saturated heterocycles. The van der Waals surface area contributed by atoms with Crippen LogP contribution in [0, 0.1) is 23.7 Å². The molecular weight excluding hydrogens is 246 g/mol. The van der Waals surface area contributed by atoms with Crippen LogP contribution in [0.2, 0.25) is 0 Å². The van der Waals surface area contributed by atoms with Crippen molar-refractivity contribution in [2.45, 2.75) is 38.2 Å². The Morgan fingerprint density at radius 1 is 1.16 bits per heavy atom. The number of aliphatic carboxylic acids is 1. The van der Waals surface area contributed by atoms with Crippen molar-refractivity contribution in [1.29, 1.82) is 0 Å². The smallest absolute Gasteiger partial charge is 0.307 e. The standard InChI is InChI=1S/C14H21NO4/c1-8-4-10(11(5-8)13(17)18)12(16)15-6-14(19,7-15)9-2-3-9/h8-11,19H,2-7H2,1H3,(H,17,18)/t8?,10-,11+/m0/s1. The van der Waals surface area contributed by atoms with E-state index in [2.05, 4.69) is 0 Å². The van der Waals surface area contributed by atoms with Gasteiger partial charge in [-0.05, 0) is 37.5 Å². The molecule has 0 spiro atoms. The first kappa shape index (κ1) is 12.9. The van der Waals surface area contributed by atoms with E-state index in [0.29, 0.717) is 37.8 Å². The van der Waals surface area contributed by atoms with Crippen LogP contribution >= 0.6 is 0 Å². The topological polar surface area (TPSA) is 77.8 Å². The quantitative estimate of drug-likeness (QED) is 0.789. The van der Waals surface area contributed by atoms with E-state index in [9.17, 15) is 19.8 Å². The zero-order valence-corrected chi connectivity index (χ0v) is 11.2. The van der Waals surface area contributed by atoms with E-state index >= 15 is 0 Å². The minimum absolute atomic E-state index is 0.0675. The minimum atomic E-state index is -0.860. The molecule has 19 heavy (non-hydrogen) atoms. The van der Waals surface area contributed by atoms with Crippen molar-refractivity contribution in [3.05, 3.63) is 0 Å². The molecule has 1 heterocycles. The summed E-state index contributed by atoms with van der Waals surface area (Å²) in [6.07, 6.45) is 3.36. The maximum atomic E-state index is 12.4. The highest BCUT2D eigenvalue weighted by Gasteiger charge is 2.55. The molecule has 0 aromatic rings. The van der Waals surface area contributed by atoms with E-state index in [1.54, 1.807) is 4.90 Å². The average Bonchev–Trinajstić information content (AvgIpc) is 3.07. The fourth-order valence-electron chi connectivity index (χ4n) is 3.72. The fourth-order valence-corrected chi connectivity index (χ4v) is 3.72. The molecule has 3 fully saturated rings. The largest absolute Gasteiger partial charge is 0.481 e. The molecule has 2 N–H and O–H groups in total. The zero-order chi connectivity index (χ0) is 13.8. The number of carbonyl (C=O) groups is 2. The van der Waals surface area contributed by atoms with Crippen molar-refractivity contribution in [2.75, 3.05) is 13.1 Å². The number of carboxylic acid groups (broad SMARTS) is 1. The molecule has 0 radical (unpaired) electrons. The number of amides is 1. The van der Waals surface area contributed by atoms with E-state index in [4.69, 9.17) is 0 Å². The van der Waals surface area contributed by atoms with Gasteiger partial charge in [0, 0.05) is 0 Å². The third kappa shape index (κ3) is 2.14. The minimum Gasteiger partial charge on any atom is -0.481 e. The van der Waals surface area contributed by atoms with E-state index in [1.165, 1.54) is 0 Å². The highest BCUT2D eigenvalue weighted by molar-refractivity contribution is 5.86. The number of carboxylic acids is 1. The van der Waals surface area contributed by atoms with Crippen molar-refractivity contribution < 1.29 is 19.8 Å². The number of aliphatic hydroxyl groups is 1. The number of hydrogen-bond donors (Lipinski definition) is 2. The van der Waals surface area contributed by atoms with Crippen LogP contribution in [-0.2, 0) is 9.59 Å². The van der Waals surface area contributed by atoms with Gasteiger partial charge in [-0.3, -0.25) is 9.59 Å². The predicted octanol–water partition coefficient (Wildman–Crippen LogP) is 0.717. The SMILES string of the molecule is CC1C[C@H](C(=O)N2CC(O)(C3CC3)C2)[C@H](C(=O)O)C1. The Morgan fingerprint density at radius 2 is 1.74 bits per heavy atom. The Balaban J connectivity index is 1.63. The molecule has 5 heteroatoms. The van der Waals surface area contributed by atoms with Crippen molar-refractivity contribution in [3.8, 4) is 0 Å². The lowest BCUT2D eigenvalue weighted by Gasteiger charge is -2.48. The second-order valence-electron chi connectivity index (χ2n) is 6.70. The maximum Gasteiger partial charge on any atom is 0.307 e. The lowest BCUT2D eigenvalue weighted by atomic mass is 9.85. The lowest BCUT2D eigenvalue weighted by Crippen LogP contribution is -2.65. The van der Waals surface area contributed by atoms with Crippen LogP contribution in [-0.4, -0.2) is 45.7 Å². The molecule has 5 nitrogen and oxygen atoms in total. The summed E-state index contributed by atoms with van der Waals surface area (Å²) in [7, 11) is 0. The van der Waals surface area contributed by atoms with Crippen LogP contribution in [0.4, 0.5) is 0 Å². The Labute approximate surface area is 112 Å². The van der Waals surface area contributed by atoms with Gasteiger partial charge in [0.05, 0.1) is 24.9 Å². The van der Waals surface area contributed by atoms with Gasteiger partial charge in [0.2, 0.25) is 5.91 Å². The average molecular weight is 267 g/mol. The van der Waals surface area contributed by atoms with Crippen LogP contribution in [0.1, 0.15) is 32.6 Å². The van der Waals surface area contributed by atoms with Gasteiger partial charge >= 0.3 is 5.97 Å². The number of hydrogen-bond acceptors (Lipinski definition) is 3. The van der Waals surface area contributed by atoms with Crippen LogP contribution in [0.25, 0.3) is 0 Å². The molecule has 1 aliphatic heterocycles. The van der Waals surface area contributed by atoms with Crippen molar-refractivity contribution in [1.82, 2.24) is 4.90 Å². The van der Waals surface area contributed by atoms with Crippen molar-refractivity contribution in [2.24, 2.45) is 23.7 Å². The monoisotopic (exact) mass is 267 g/mol. The Kier molecular flexibility index (Phi) is 2.85. The molecule has 2 saturated carbocycles. The molecular formula is C14H21NO4. The summed E-state index contributed by atoms with van der Waals surface area (Å²) in [6.45, 7) is 2.79. The molecule has 0 aromatic heterocycles. The summed E-state index contributed by atoms with van der Waals surface area (Å²) in [5, 5.41) is 19.4. The first-order valence-electron chi connectivity index (χ1n) is 7.14. The Morgan fingerprint density at radius 3 is 2.26 bits per heavy atom. The summed E-state index contributed by atoms with van der Waals surface area (Å²) in [5.74, 6) is -1.22. The number of rotatable bonds is 3. The fraction of sp³-hybridized carbons (Fsp3) is 0.857. The predicted molar refractivity (Wildman–Crippen MR) is 67.3 cm³/mol. The summed E-state index contributed by atoms with van der Waals surface area (Å²) < 4.78 is 0. The number of likely N-dealkylation sites (tertiary alicyclic amines) is 1. The lowest BCUT2D eigenvalue weighted by molar-refractivity contribution is -0.167. The number of β-amino-alcohol motifs (C(OH)–C–C–N with tert-alkyl or cyclic N) is 1. The number of carbonyl (C=O) groups excluding carboxylic acids is 1. The van der Waals surface area contributed by atoms with Gasteiger partial charge in [-0.25, -0.2) is 0 Å². The van der Waals surface area contributed by atoms with Gasteiger partial charge in [-0.1, -0.05) is 6.92 Å². The molecule has 106 valence electrons. The summed E-state index contributed by atoms with van der Waals surface area (Å²) in [5.41, 5.74) is -0.682. The van der Waals surface area contributed by atoms with E-state index in [1.807, 2.05) is 6.92 Å². The van der Waals surface area contributed by atoms with Crippen molar-refractivity contribution in [3.63, 3.8) is 0 Å². The van der Waals surface area contributed by atoms with Gasteiger partial charge in [-0.15, -0.1) is 0 Å². The molecule has 0 bridgehead atoms. The highest BCUT2D eigenvalue weighted by atomic mass is 16.4. The highest BCUT2D eigenvalue weighted by Crippen LogP contribution is 2.46. The second-order valence-corrected chi connectivity index (χ2v) is 6.70. The Bertz CT molecular complexity index is 412. The molecule has 1 unspecified atom stereocenters. The van der Waals surface area contributed by atoms with Crippen LogP contribution in [0.3, 0.4) is 0 Å². The van der Waals surface area contributed by atoms with E-state index in [0.717, 1.165) is 12.8 Å². The number of nitrogens with zero attached hydrogens (tertiary/aromatic N) is 1. The van der Waals surface area contributed by atoms with Gasteiger partial charge in [-0.2, -0.15) is 0 Å². The summed E-state index contributed by atoms with van der Waals surface area (Å²) in [6, 6.07) is 0. The zero-order valence-electron chi connectivity index (χ0n) is 11.2. The molecule has 3 atom stereocenters.